The van der Waals surface area contributed by atoms with Gasteiger partial charge < -0.3 is 10.1 Å². The van der Waals surface area contributed by atoms with Crippen molar-refractivity contribution in [2.45, 2.75) is 13.8 Å². The van der Waals surface area contributed by atoms with Crippen molar-refractivity contribution in [1.29, 1.82) is 0 Å². The summed E-state index contributed by atoms with van der Waals surface area (Å²) in [5.41, 5.74) is 3.07. The van der Waals surface area contributed by atoms with E-state index < -0.39 is 0 Å². The van der Waals surface area contributed by atoms with E-state index in [0.29, 0.717) is 9.90 Å². The number of rotatable bonds is 3. The lowest BCUT2D eigenvalue weighted by molar-refractivity contribution is 0.0982. The number of anilines is 1. The van der Waals surface area contributed by atoms with E-state index in [9.17, 15) is 4.79 Å². The summed E-state index contributed by atoms with van der Waals surface area (Å²) in [5.74, 6) is 0.381. The molecule has 0 aliphatic carbocycles. The molecule has 4 nitrogen and oxygen atoms in total. The molecule has 0 radical (unpaired) electrons. The van der Waals surface area contributed by atoms with Gasteiger partial charge in [0.1, 0.15) is 10.6 Å². The van der Waals surface area contributed by atoms with Crippen molar-refractivity contribution in [2.75, 3.05) is 12.4 Å². The van der Waals surface area contributed by atoms with Crippen LogP contribution in [0, 0.1) is 13.8 Å². The van der Waals surface area contributed by atoms with Gasteiger partial charge in [-0.05, 0) is 55.9 Å². The molecule has 0 aliphatic heterocycles. The van der Waals surface area contributed by atoms with E-state index >= 15 is 0 Å². The van der Waals surface area contributed by atoms with Crippen LogP contribution in [0.25, 0.3) is 10.1 Å². The van der Waals surface area contributed by atoms with Crippen LogP contribution in [0.4, 0.5) is 5.69 Å². The molecule has 3 aromatic rings. The van der Waals surface area contributed by atoms with Crippen LogP contribution in [0.15, 0.2) is 36.4 Å². The SMILES string of the molecule is COc1ccc2c(Cl)c(C(=O)NC(=S)Nc3ccc(C)cc3C)sc2c1. The Balaban J connectivity index is 1.78. The smallest absolute Gasteiger partial charge is 0.269 e. The zero-order valence-corrected chi connectivity index (χ0v) is 16.9. The van der Waals surface area contributed by atoms with Crippen LogP contribution in [0.2, 0.25) is 5.02 Å². The maximum absolute atomic E-state index is 12.6. The zero-order valence-electron chi connectivity index (χ0n) is 14.5. The number of aryl methyl sites for hydroxylation is 2. The highest BCUT2D eigenvalue weighted by Gasteiger charge is 2.18. The zero-order chi connectivity index (χ0) is 18.8. The number of thiophene rings is 1. The van der Waals surface area contributed by atoms with Gasteiger partial charge in [0.25, 0.3) is 5.91 Å². The number of methoxy groups -OCH3 is 1. The van der Waals surface area contributed by atoms with Gasteiger partial charge in [-0.25, -0.2) is 0 Å². The van der Waals surface area contributed by atoms with Crippen molar-refractivity contribution in [2.24, 2.45) is 0 Å². The molecule has 2 N–H and O–H groups in total. The van der Waals surface area contributed by atoms with Crippen LogP contribution in [-0.2, 0) is 0 Å². The van der Waals surface area contributed by atoms with Crippen LogP contribution in [0.5, 0.6) is 5.75 Å². The number of carbonyl (C=O) groups is 1. The predicted molar refractivity (Wildman–Crippen MR) is 113 cm³/mol. The van der Waals surface area contributed by atoms with Gasteiger partial charge in [-0.3, -0.25) is 10.1 Å². The molecule has 0 spiro atoms. The minimum Gasteiger partial charge on any atom is -0.497 e. The second-order valence-corrected chi connectivity index (χ2v) is 7.67. The second-order valence-electron chi connectivity index (χ2n) is 5.83. The Kier molecular flexibility index (Phi) is 5.46. The van der Waals surface area contributed by atoms with Gasteiger partial charge in [-0.2, -0.15) is 0 Å². The Morgan fingerprint density at radius 2 is 1.96 bits per heavy atom. The molecule has 0 bridgehead atoms. The van der Waals surface area contributed by atoms with Gasteiger partial charge in [0.15, 0.2) is 5.11 Å². The van der Waals surface area contributed by atoms with Gasteiger partial charge in [0, 0.05) is 15.8 Å². The number of amides is 1. The van der Waals surface area contributed by atoms with Crippen LogP contribution in [-0.4, -0.2) is 18.1 Å². The van der Waals surface area contributed by atoms with Gasteiger partial charge in [-0.15, -0.1) is 11.3 Å². The number of thiocarbonyl (C=S) groups is 1. The number of benzene rings is 2. The van der Waals surface area contributed by atoms with Crippen LogP contribution in [0.1, 0.15) is 20.8 Å². The Morgan fingerprint density at radius 1 is 1.19 bits per heavy atom. The highest BCUT2D eigenvalue weighted by Crippen LogP contribution is 2.37. The summed E-state index contributed by atoms with van der Waals surface area (Å²) in [7, 11) is 1.60. The van der Waals surface area contributed by atoms with Crippen molar-refractivity contribution in [1.82, 2.24) is 5.32 Å². The van der Waals surface area contributed by atoms with Crippen molar-refractivity contribution in [3.63, 3.8) is 0 Å². The number of fused-ring (bicyclic) bond motifs is 1. The lowest BCUT2D eigenvalue weighted by Crippen LogP contribution is -2.34. The molecule has 134 valence electrons. The fourth-order valence-electron chi connectivity index (χ4n) is 2.59. The third-order valence-electron chi connectivity index (χ3n) is 3.90. The van der Waals surface area contributed by atoms with Crippen LogP contribution in [0.3, 0.4) is 0 Å². The molecule has 2 aromatic carbocycles. The largest absolute Gasteiger partial charge is 0.497 e. The molecular weight excluding hydrogens is 388 g/mol. The first-order chi connectivity index (χ1) is 12.4. The first-order valence-electron chi connectivity index (χ1n) is 7.84. The fraction of sp³-hybridized carbons (Fsp3) is 0.158. The number of carbonyl (C=O) groups excluding carboxylic acids is 1. The maximum atomic E-state index is 12.6. The van der Waals surface area contributed by atoms with Gasteiger partial charge >= 0.3 is 0 Å². The maximum Gasteiger partial charge on any atom is 0.269 e. The van der Waals surface area contributed by atoms with E-state index in [4.69, 9.17) is 28.6 Å². The van der Waals surface area contributed by atoms with E-state index in [1.807, 2.05) is 50.2 Å². The third-order valence-corrected chi connectivity index (χ3v) is 5.76. The molecule has 0 saturated carbocycles. The third kappa shape index (κ3) is 3.82. The van der Waals surface area contributed by atoms with E-state index in [1.54, 1.807) is 7.11 Å². The standard InChI is InChI=1S/C19H17ClN2O2S2/c1-10-4-7-14(11(2)8-10)21-19(25)22-18(23)17-16(20)13-6-5-12(24-3)9-15(13)26-17/h4-9H,1-3H3,(H2,21,22,23,25). The van der Waals surface area contributed by atoms with Crippen LogP contribution < -0.4 is 15.4 Å². The fourth-order valence-corrected chi connectivity index (χ4v) is 4.23. The minimum atomic E-state index is -0.336. The first kappa shape index (κ1) is 18.6. The topological polar surface area (TPSA) is 50.4 Å². The summed E-state index contributed by atoms with van der Waals surface area (Å²) in [6.07, 6.45) is 0. The highest BCUT2D eigenvalue weighted by atomic mass is 35.5. The number of nitrogens with one attached hydrogen (secondary N) is 2. The van der Waals surface area contributed by atoms with Crippen molar-refractivity contribution >= 4 is 61.9 Å². The molecule has 7 heteroatoms. The monoisotopic (exact) mass is 404 g/mol. The molecule has 0 saturated heterocycles. The summed E-state index contributed by atoms with van der Waals surface area (Å²) in [4.78, 5) is 13.0. The van der Waals surface area contributed by atoms with Crippen LogP contribution >= 0.6 is 35.2 Å². The number of halogens is 1. The summed E-state index contributed by atoms with van der Waals surface area (Å²) < 4.78 is 6.10. The van der Waals surface area contributed by atoms with E-state index in [-0.39, 0.29) is 11.0 Å². The number of hydrogen-bond acceptors (Lipinski definition) is 4. The molecule has 3 rings (SSSR count). The van der Waals surface area contributed by atoms with Crippen molar-refractivity contribution in [3.05, 3.63) is 57.4 Å². The van der Waals surface area contributed by atoms with E-state index in [0.717, 1.165) is 32.6 Å². The first-order valence-corrected chi connectivity index (χ1v) is 9.45. The summed E-state index contributed by atoms with van der Waals surface area (Å²) in [6.45, 7) is 4.01. The summed E-state index contributed by atoms with van der Waals surface area (Å²) >= 11 is 12.9. The Labute approximate surface area is 166 Å². The van der Waals surface area contributed by atoms with E-state index in [1.165, 1.54) is 11.3 Å². The molecule has 1 aromatic heterocycles. The number of ether oxygens (including phenoxy) is 1. The van der Waals surface area contributed by atoms with E-state index in [2.05, 4.69) is 10.6 Å². The normalized spacial score (nSPS) is 10.6. The number of hydrogen-bond donors (Lipinski definition) is 2. The Hall–Kier alpha value is -2.15. The quantitative estimate of drug-likeness (QED) is 0.581. The van der Waals surface area contributed by atoms with Crippen molar-refractivity contribution < 1.29 is 9.53 Å². The molecule has 0 atom stereocenters. The lowest BCUT2D eigenvalue weighted by atomic mass is 10.1. The lowest BCUT2D eigenvalue weighted by Gasteiger charge is -2.11. The average Bonchev–Trinajstić information content (AvgIpc) is 2.93. The average molecular weight is 405 g/mol. The summed E-state index contributed by atoms with van der Waals surface area (Å²) in [5, 5.41) is 7.21. The minimum absolute atomic E-state index is 0.230. The van der Waals surface area contributed by atoms with Gasteiger partial charge in [0.2, 0.25) is 0 Å². The van der Waals surface area contributed by atoms with Crippen molar-refractivity contribution in [3.8, 4) is 5.75 Å². The highest BCUT2D eigenvalue weighted by molar-refractivity contribution is 7.80. The molecule has 26 heavy (non-hydrogen) atoms. The molecule has 0 unspecified atom stereocenters. The van der Waals surface area contributed by atoms with Gasteiger partial charge in [-0.1, -0.05) is 29.3 Å². The predicted octanol–water partition coefficient (Wildman–Crippen LogP) is 5.31. The molecule has 1 heterocycles. The van der Waals surface area contributed by atoms with Gasteiger partial charge in [0.05, 0.1) is 12.1 Å². The summed E-state index contributed by atoms with van der Waals surface area (Å²) in [6, 6.07) is 11.5. The molecule has 0 fully saturated rings. The molecular formula is C19H17ClN2O2S2. The molecule has 1 amide bonds. The Bertz CT molecular complexity index is 1010. The second kappa shape index (κ2) is 7.61. The molecule has 0 aliphatic rings. The Morgan fingerprint density at radius 3 is 2.65 bits per heavy atom.